The number of benzene rings is 2. The number of carbonyl (C=O) groups excluding carboxylic acids is 1. The lowest BCUT2D eigenvalue weighted by molar-refractivity contribution is -0.116. The summed E-state index contributed by atoms with van der Waals surface area (Å²) in [7, 11) is 0. The largest absolute Gasteiger partial charge is 0.486 e. The maximum Gasteiger partial charge on any atom is 0.244 e. The predicted molar refractivity (Wildman–Crippen MR) is 113 cm³/mol. The van der Waals surface area contributed by atoms with Gasteiger partial charge in [-0.15, -0.1) is 0 Å². The Balaban J connectivity index is 1.44. The van der Waals surface area contributed by atoms with E-state index >= 15 is 0 Å². The maximum absolute atomic E-state index is 13.4. The highest BCUT2D eigenvalue weighted by atomic mass is 35.5. The highest BCUT2D eigenvalue weighted by Gasteiger charge is 2.34. The number of nitrogens with one attached hydrogen (secondary N) is 1. The molecule has 1 N–H and O–H groups in total. The molecule has 2 aromatic rings. The number of halogens is 2. The fourth-order valence-corrected chi connectivity index (χ4v) is 4.12. The van der Waals surface area contributed by atoms with Gasteiger partial charge in [0.2, 0.25) is 5.91 Å². The lowest BCUT2D eigenvalue weighted by atomic mass is 9.74. The first kappa shape index (κ1) is 20.7. The van der Waals surface area contributed by atoms with Crippen LogP contribution in [-0.2, 0) is 14.9 Å². The molecule has 1 fully saturated rings. The molecule has 7 heteroatoms. The molecule has 1 saturated heterocycles. The van der Waals surface area contributed by atoms with E-state index in [1.807, 2.05) is 0 Å². The van der Waals surface area contributed by atoms with Crippen LogP contribution in [0.15, 0.2) is 42.5 Å². The van der Waals surface area contributed by atoms with E-state index in [-0.39, 0.29) is 17.1 Å². The van der Waals surface area contributed by atoms with E-state index in [0.717, 1.165) is 24.0 Å². The minimum absolute atomic E-state index is 0.214. The standard InChI is InChI=1S/C23H23ClFNO4/c24-19-13-16(14-20-22(19)30-12-11-29-20)1-6-21(27)26-15-23(7-9-28-10-8-23)17-2-4-18(25)5-3-17/h1-6,13-14H,7-12,15H2,(H,26,27)/b6-1+. The van der Waals surface area contributed by atoms with Crippen molar-refractivity contribution in [2.45, 2.75) is 18.3 Å². The first-order valence-corrected chi connectivity index (χ1v) is 10.3. The fourth-order valence-electron chi connectivity index (χ4n) is 3.85. The van der Waals surface area contributed by atoms with Crippen molar-refractivity contribution in [3.63, 3.8) is 0 Å². The summed E-state index contributed by atoms with van der Waals surface area (Å²) < 4.78 is 29.9. The van der Waals surface area contributed by atoms with Gasteiger partial charge in [0.15, 0.2) is 11.5 Å². The van der Waals surface area contributed by atoms with E-state index in [2.05, 4.69) is 5.32 Å². The Hall–Kier alpha value is -2.57. The van der Waals surface area contributed by atoms with Gasteiger partial charge in [-0.25, -0.2) is 4.39 Å². The number of amides is 1. The van der Waals surface area contributed by atoms with Gasteiger partial charge < -0.3 is 19.5 Å². The van der Waals surface area contributed by atoms with Crippen molar-refractivity contribution < 1.29 is 23.4 Å². The summed E-state index contributed by atoms with van der Waals surface area (Å²) in [6, 6.07) is 10.0. The highest BCUT2D eigenvalue weighted by Crippen LogP contribution is 2.38. The average molecular weight is 432 g/mol. The minimum Gasteiger partial charge on any atom is -0.486 e. The quantitative estimate of drug-likeness (QED) is 0.723. The van der Waals surface area contributed by atoms with Crippen molar-refractivity contribution >= 4 is 23.6 Å². The van der Waals surface area contributed by atoms with Crippen molar-refractivity contribution in [2.24, 2.45) is 0 Å². The van der Waals surface area contributed by atoms with Gasteiger partial charge in [0, 0.05) is 31.2 Å². The second-order valence-electron chi connectivity index (χ2n) is 7.48. The first-order chi connectivity index (χ1) is 14.6. The summed E-state index contributed by atoms with van der Waals surface area (Å²) >= 11 is 6.24. The summed E-state index contributed by atoms with van der Waals surface area (Å²) in [5.41, 5.74) is 1.49. The van der Waals surface area contributed by atoms with Crippen LogP contribution < -0.4 is 14.8 Å². The monoisotopic (exact) mass is 431 g/mol. The zero-order valence-electron chi connectivity index (χ0n) is 16.5. The molecule has 0 saturated carbocycles. The summed E-state index contributed by atoms with van der Waals surface area (Å²) in [6.45, 7) is 2.60. The Bertz CT molecular complexity index is 939. The third kappa shape index (κ3) is 4.60. The zero-order valence-corrected chi connectivity index (χ0v) is 17.2. The van der Waals surface area contributed by atoms with E-state index < -0.39 is 0 Å². The van der Waals surface area contributed by atoms with Crippen LogP contribution in [0.1, 0.15) is 24.0 Å². The van der Waals surface area contributed by atoms with Crippen molar-refractivity contribution in [2.75, 3.05) is 33.0 Å². The summed E-state index contributed by atoms with van der Waals surface area (Å²) in [6.07, 6.45) is 4.69. The molecule has 0 aromatic heterocycles. The van der Waals surface area contributed by atoms with E-state index in [4.69, 9.17) is 25.8 Å². The number of fused-ring (bicyclic) bond motifs is 1. The molecule has 0 radical (unpaired) electrons. The number of carbonyl (C=O) groups is 1. The van der Waals surface area contributed by atoms with Gasteiger partial charge in [0.05, 0.1) is 5.02 Å². The Morgan fingerprint density at radius 1 is 1.10 bits per heavy atom. The van der Waals surface area contributed by atoms with Crippen LogP contribution in [0.5, 0.6) is 11.5 Å². The van der Waals surface area contributed by atoms with Crippen LogP contribution in [0.4, 0.5) is 4.39 Å². The molecule has 0 bridgehead atoms. The molecule has 0 spiro atoms. The van der Waals surface area contributed by atoms with Crippen molar-refractivity contribution in [3.8, 4) is 11.5 Å². The molecule has 5 nitrogen and oxygen atoms in total. The fraction of sp³-hybridized carbons (Fsp3) is 0.348. The summed E-state index contributed by atoms with van der Waals surface area (Å²) in [4.78, 5) is 12.5. The average Bonchev–Trinajstić information content (AvgIpc) is 2.77. The van der Waals surface area contributed by atoms with Gasteiger partial charge in [0.1, 0.15) is 19.0 Å². The second-order valence-corrected chi connectivity index (χ2v) is 7.88. The van der Waals surface area contributed by atoms with Crippen LogP contribution in [0.25, 0.3) is 6.08 Å². The third-order valence-electron chi connectivity index (χ3n) is 5.55. The summed E-state index contributed by atoms with van der Waals surface area (Å²) in [5.74, 6) is 0.622. The van der Waals surface area contributed by atoms with Gasteiger partial charge in [0.25, 0.3) is 0 Å². The van der Waals surface area contributed by atoms with Crippen LogP contribution in [0, 0.1) is 5.82 Å². The van der Waals surface area contributed by atoms with Gasteiger partial charge in [-0.3, -0.25) is 4.79 Å². The van der Waals surface area contributed by atoms with Gasteiger partial charge in [-0.2, -0.15) is 0 Å². The Kier molecular flexibility index (Phi) is 6.25. The van der Waals surface area contributed by atoms with E-state index in [9.17, 15) is 9.18 Å². The first-order valence-electron chi connectivity index (χ1n) is 9.95. The molecule has 4 rings (SSSR count). The van der Waals surface area contributed by atoms with Crippen LogP contribution in [0.3, 0.4) is 0 Å². The van der Waals surface area contributed by atoms with Crippen molar-refractivity contribution in [1.82, 2.24) is 5.32 Å². The molecule has 2 heterocycles. The molecule has 2 aromatic carbocycles. The van der Waals surface area contributed by atoms with Gasteiger partial charge >= 0.3 is 0 Å². The van der Waals surface area contributed by atoms with Gasteiger partial charge in [-0.1, -0.05) is 23.7 Å². The molecule has 2 aliphatic rings. The highest BCUT2D eigenvalue weighted by molar-refractivity contribution is 6.32. The topological polar surface area (TPSA) is 56.8 Å². The third-order valence-corrected chi connectivity index (χ3v) is 5.83. The summed E-state index contributed by atoms with van der Waals surface area (Å²) in [5, 5.41) is 3.44. The lowest BCUT2D eigenvalue weighted by Gasteiger charge is -2.37. The predicted octanol–water partition coefficient (Wildman–Crippen LogP) is 4.13. The molecule has 2 aliphatic heterocycles. The molecular formula is C23H23ClFNO4. The Morgan fingerprint density at radius 2 is 1.83 bits per heavy atom. The van der Waals surface area contributed by atoms with E-state index in [0.29, 0.717) is 49.5 Å². The van der Waals surface area contributed by atoms with E-state index in [1.54, 1.807) is 30.3 Å². The number of hydrogen-bond acceptors (Lipinski definition) is 4. The number of rotatable bonds is 5. The smallest absolute Gasteiger partial charge is 0.244 e. The minimum atomic E-state index is -0.272. The Morgan fingerprint density at radius 3 is 2.60 bits per heavy atom. The second kappa shape index (κ2) is 9.06. The van der Waals surface area contributed by atoms with Crippen molar-refractivity contribution in [3.05, 3.63) is 64.4 Å². The number of ether oxygens (including phenoxy) is 3. The maximum atomic E-state index is 13.4. The molecule has 0 atom stereocenters. The van der Waals surface area contributed by atoms with Crippen LogP contribution in [0.2, 0.25) is 5.02 Å². The molecule has 0 unspecified atom stereocenters. The Labute approximate surface area is 179 Å². The zero-order chi connectivity index (χ0) is 21.0. The normalized spacial score (nSPS) is 17.7. The SMILES string of the molecule is O=C(/C=C/c1cc(Cl)c2c(c1)OCCO2)NCC1(c2ccc(F)cc2)CCOCC1. The van der Waals surface area contributed by atoms with Crippen LogP contribution in [-0.4, -0.2) is 38.9 Å². The molecular weight excluding hydrogens is 409 g/mol. The number of hydrogen-bond donors (Lipinski definition) is 1. The van der Waals surface area contributed by atoms with E-state index in [1.165, 1.54) is 18.2 Å². The molecule has 1 amide bonds. The molecule has 158 valence electrons. The van der Waals surface area contributed by atoms with Gasteiger partial charge in [-0.05, 0) is 54.3 Å². The lowest BCUT2D eigenvalue weighted by Crippen LogP contribution is -2.44. The molecule has 30 heavy (non-hydrogen) atoms. The van der Waals surface area contributed by atoms with Crippen LogP contribution >= 0.6 is 11.6 Å². The molecule has 0 aliphatic carbocycles. The van der Waals surface area contributed by atoms with Crippen molar-refractivity contribution in [1.29, 1.82) is 0 Å².